The summed E-state index contributed by atoms with van der Waals surface area (Å²) in [5.41, 5.74) is 3.54. The number of fused-ring (bicyclic) bond motifs is 1. The van der Waals surface area contributed by atoms with Crippen LogP contribution in [0.25, 0.3) is 0 Å². The Balaban J connectivity index is 1.70. The molecule has 1 unspecified atom stereocenters. The van der Waals surface area contributed by atoms with Gasteiger partial charge in [-0.3, -0.25) is 4.31 Å². The molecule has 1 N–H and O–H groups in total. The zero-order valence-corrected chi connectivity index (χ0v) is 23.1. The van der Waals surface area contributed by atoms with E-state index in [-0.39, 0.29) is 10.9 Å². The Kier molecular flexibility index (Phi) is 8.13. The van der Waals surface area contributed by atoms with Crippen LogP contribution in [0.3, 0.4) is 0 Å². The van der Waals surface area contributed by atoms with E-state index in [9.17, 15) is 13.5 Å². The van der Waals surface area contributed by atoms with Crippen molar-refractivity contribution in [1.82, 2.24) is 0 Å². The highest BCUT2D eigenvalue weighted by Crippen LogP contribution is 2.39. The fourth-order valence-corrected chi connectivity index (χ4v) is 7.04. The van der Waals surface area contributed by atoms with E-state index >= 15 is 0 Å². The van der Waals surface area contributed by atoms with Crippen LogP contribution in [0.15, 0.2) is 41.3 Å². The minimum Gasteiger partial charge on any atom is -0.493 e. The van der Waals surface area contributed by atoms with Crippen molar-refractivity contribution in [3.05, 3.63) is 53.1 Å². The average Bonchev–Trinajstić information content (AvgIpc) is 2.86. The molecule has 2 heterocycles. The second kappa shape index (κ2) is 10.8. The van der Waals surface area contributed by atoms with Crippen molar-refractivity contribution in [2.75, 3.05) is 24.1 Å². The molecule has 2 aromatic carbocycles. The maximum absolute atomic E-state index is 14.1. The molecule has 4 rings (SSSR count). The number of ether oxygens (including phenoxy) is 2. The predicted molar refractivity (Wildman–Crippen MR) is 149 cm³/mol. The van der Waals surface area contributed by atoms with E-state index in [0.717, 1.165) is 56.6 Å². The van der Waals surface area contributed by atoms with Gasteiger partial charge in [0.1, 0.15) is 21.4 Å². The Morgan fingerprint density at radius 1 is 1.14 bits per heavy atom. The van der Waals surface area contributed by atoms with Gasteiger partial charge in [-0.25, -0.2) is 8.42 Å². The van der Waals surface area contributed by atoms with Crippen LogP contribution in [-0.2, 0) is 26.6 Å². The van der Waals surface area contributed by atoms with Gasteiger partial charge in [-0.1, -0.05) is 32.9 Å². The standard InChI is InChI=1S/C27H39B2NO5S/c1-4-22-7-5-21-15-20(18(2)3)6-9-25(21)30(22)36(32,33)23-8-10-26(24(16-23)27(28,29)31)35-17-19-11-13-34-14-12-19/h6,8-10,15-16,18-19,22,31H,4-5,7,11-14,17,28-29H2,1-3H3. The Morgan fingerprint density at radius 2 is 1.86 bits per heavy atom. The molecule has 9 heteroatoms. The zero-order valence-electron chi connectivity index (χ0n) is 22.3. The number of hydrogen-bond acceptors (Lipinski definition) is 5. The van der Waals surface area contributed by atoms with Gasteiger partial charge >= 0.3 is 0 Å². The summed E-state index contributed by atoms with van der Waals surface area (Å²) < 4.78 is 41.4. The maximum atomic E-state index is 14.1. The van der Waals surface area contributed by atoms with Gasteiger partial charge in [-0.05, 0) is 79.3 Å². The van der Waals surface area contributed by atoms with E-state index in [0.29, 0.717) is 29.8 Å². The van der Waals surface area contributed by atoms with Crippen LogP contribution in [0.5, 0.6) is 5.75 Å². The lowest BCUT2D eigenvalue weighted by Crippen LogP contribution is -2.43. The van der Waals surface area contributed by atoms with Crippen molar-refractivity contribution in [3.8, 4) is 5.75 Å². The van der Waals surface area contributed by atoms with Crippen molar-refractivity contribution in [2.24, 2.45) is 5.92 Å². The molecule has 0 spiro atoms. The Hall–Kier alpha value is -1.96. The first-order valence-corrected chi connectivity index (χ1v) is 14.7. The highest BCUT2D eigenvalue weighted by Gasteiger charge is 2.36. The first kappa shape index (κ1) is 27.1. The Bertz CT molecular complexity index is 1170. The monoisotopic (exact) mass is 511 g/mol. The number of hydrogen-bond donors (Lipinski definition) is 1. The van der Waals surface area contributed by atoms with Gasteiger partial charge < -0.3 is 14.6 Å². The molecule has 194 valence electrons. The minimum atomic E-state index is -3.85. The molecule has 36 heavy (non-hydrogen) atoms. The summed E-state index contributed by atoms with van der Waals surface area (Å²) in [4.78, 5) is 0.178. The molecule has 0 amide bonds. The second-order valence-electron chi connectivity index (χ2n) is 11.0. The molecule has 2 aliphatic rings. The van der Waals surface area contributed by atoms with Crippen molar-refractivity contribution >= 4 is 31.4 Å². The van der Waals surface area contributed by atoms with Crippen LogP contribution in [0.4, 0.5) is 5.69 Å². The topological polar surface area (TPSA) is 76.1 Å². The quantitative estimate of drug-likeness (QED) is 0.552. The lowest BCUT2D eigenvalue weighted by Gasteiger charge is -2.38. The summed E-state index contributed by atoms with van der Waals surface area (Å²) in [7, 11) is -0.524. The first-order valence-electron chi connectivity index (χ1n) is 13.3. The molecule has 6 nitrogen and oxygen atoms in total. The van der Waals surface area contributed by atoms with Crippen molar-refractivity contribution in [3.63, 3.8) is 0 Å². The van der Waals surface area contributed by atoms with Crippen molar-refractivity contribution < 1.29 is 23.0 Å². The number of aliphatic hydroxyl groups is 1. The van der Waals surface area contributed by atoms with Gasteiger partial charge in [0.15, 0.2) is 0 Å². The molecule has 1 atom stereocenters. The molecule has 0 bridgehead atoms. The van der Waals surface area contributed by atoms with E-state index in [2.05, 4.69) is 19.9 Å². The predicted octanol–water partition coefficient (Wildman–Crippen LogP) is 2.90. The summed E-state index contributed by atoms with van der Waals surface area (Å²) in [6.07, 6.45) is 4.27. The van der Waals surface area contributed by atoms with Crippen molar-refractivity contribution in [1.29, 1.82) is 0 Å². The van der Waals surface area contributed by atoms with Crippen LogP contribution < -0.4 is 9.04 Å². The molecule has 0 radical (unpaired) electrons. The lowest BCUT2D eigenvalue weighted by atomic mass is 9.61. The van der Waals surface area contributed by atoms with Gasteiger partial charge in [0.25, 0.3) is 10.0 Å². The third kappa shape index (κ3) is 5.63. The van der Waals surface area contributed by atoms with Gasteiger partial charge in [0.05, 0.1) is 17.2 Å². The summed E-state index contributed by atoms with van der Waals surface area (Å²) in [6.45, 7) is 8.33. The number of anilines is 1. The van der Waals surface area contributed by atoms with E-state index < -0.39 is 15.4 Å². The average molecular weight is 511 g/mol. The largest absolute Gasteiger partial charge is 0.493 e. The number of aryl methyl sites for hydroxylation is 1. The maximum Gasteiger partial charge on any atom is 0.264 e. The molecule has 0 saturated carbocycles. The fraction of sp³-hybridized carbons (Fsp3) is 0.556. The summed E-state index contributed by atoms with van der Waals surface area (Å²) in [6, 6.07) is 11.0. The van der Waals surface area contributed by atoms with E-state index in [1.54, 1.807) is 38.2 Å². The molecular weight excluding hydrogens is 472 g/mol. The van der Waals surface area contributed by atoms with Gasteiger partial charge in [0, 0.05) is 30.2 Å². The molecule has 0 aliphatic carbocycles. The van der Waals surface area contributed by atoms with E-state index in [4.69, 9.17) is 9.47 Å². The van der Waals surface area contributed by atoms with Gasteiger partial charge in [-0.2, -0.15) is 0 Å². The van der Waals surface area contributed by atoms with Gasteiger partial charge in [-0.15, -0.1) is 0 Å². The smallest absolute Gasteiger partial charge is 0.264 e. The highest BCUT2D eigenvalue weighted by atomic mass is 32.2. The Labute approximate surface area is 218 Å². The van der Waals surface area contributed by atoms with Crippen LogP contribution in [0, 0.1) is 5.92 Å². The molecule has 0 aromatic heterocycles. The SMILES string of the molecule is BC(B)(O)c1cc(S(=O)(=O)N2c3ccc(C(C)C)cc3CCC2CC)ccc1OCC1CCOCC1. The highest BCUT2D eigenvalue weighted by molar-refractivity contribution is 7.92. The third-order valence-corrected chi connectivity index (χ3v) is 9.40. The summed E-state index contributed by atoms with van der Waals surface area (Å²) in [5, 5.41) is 9.68. The summed E-state index contributed by atoms with van der Waals surface area (Å²) in [5.74, 6) is 1.30. The van der Waals surface area contributed by atoms with Crippen LogP contribution >= 0.6 is 0 Å². The van der Waals surface area contributed by atoms with Gasteiger partial charge in [0.2, 0.25) is 0 Å². The van der Waals surface area contributed by atoms with Crippen LogP contribution in [-0.4, -0.2) is 55.1 Å². The molecule has 1 saturated heterocycles. The third-order valence-electron chi connectivity index (χ3n) is 7.54. The van der Waals surface area contributed by atoms with E-state index in [1.807, 2.05) is 19.1 Å². The first-order chi connectivity index (χ1) is 17.0. The normalized spacial score (nSPS) is 19.4. The number of nitrogens with zero attached hydrogens (tertiary/aromatic N) is 1. The zero-order chi connectivity index (χ0) is 26.1. The fourth-order valence-electron chi connectivity index (χ4n) is 5.22. The minimum absolute atomic E-state index is 0.109. The number of rotatable bonds is 8. The van der Waals surface area contributed by atoms with Crippen molar-refractivity contribution in [2.45, 2.75) is 75.1 Å². The summed E-state index contributed by atoms with van der Waals surface area (Å²) >= 11 is 0. The Morgan fingerprint density at radius 3 is 2.50 bits per heavy atom. The molecular formula is C27H39B2NO5S. The molecule has 1 fully saturated rings. The number of sulfonamides is 1. The van der Waals surface area contributed by atoms with E-state index in [1.165, 1.54) is 5.56 Å². The van der Waals surface area contributed by atoms with Crippen LogP contribution in [0.2, 0.25) is 0 Å². The lowest BCUT2D eigenvalue weighted by molar-refractivity contribution is 0.0492. The van der Waals surface area contributed by atoms with Crippen LogP contribution in [0.1, 0.15) is 69.1 Å². The number of benzene rings is 2. The molecule has 2 aromatic rings. The second-order valence-corrected chi connectivity index (χ2v) is 12.8. The molecule has 2 aliphatic heterocycles.